The number of amides is 4. The first kappa shape index (κ1) is 19.1. The van der Waals surface area contributed by atoms with Crippen LogP contribution in [0.25, 0.3) is 0 Å². The van der Waals surface area contributed by atoms with Crippen molar-refractivity contribution in [3.05, 3.63) is 53.6 Å². The summed E-state index contributed by atoms with van der Waals surface area (Å²) in [5.74, 6) is -0.469. The molecule has 2 aromatic carbocycles. The number of rotatable bonds is 3. The summed E-state index contributed by atoms with van der Waals surface area (Å²) >= 11 is 0. The van der Waals surface area contributed by atoms with Crippen LogP contribution in [0.5, 0.6) is 5.75 Å². The summed E-state index contributed by atoms with van der Waals surface area (Å²) in [5, 5.41) is 0. The van der Waals surface area contributed by atoms with E-state index in [1.807, 2.05) is 0 Å². The largest absolute Gasteiger partial charge is 0.489 e. The number of fused-ring (bicyclic) bond motifs is 4. The van der Waals surface area contributed by atoms with E-state index in [1.165, 1.54) is 16.7 Å². The number of carbonyl (C=O) groups excluding carboxylic acids is 4. The van der Waals surface area contributed by atoms with Gasteiger partial charge in [-0.3, -0.25) is 24.2 Å². The number of nitrogens with zero attached hydrogens (tertiary/aromatic N) is 3. The van der Waals surface area contributed by atoms with Crippen molar-refractivity contribution in [1.82, 2.24) is 4.90 Å². The fourth-order valence-electron chi connectivity index (χ4n) is 4.15. The van der Waals surface area contributed by atoms with Gasteiger partial charge in [0.1, 0.15) is 24.5 Å². The van der Waals surface area contributed by atoms with Crippen LogP contribution in [0.4, 0.5) is 16.2 Å². The number of carbonyl (C=O) groups is 4. The maximum Gasteiger partial charge on any atom is 0.415 e. The summed E-state index contributed by atoms with van der Waals surface area (Å²) in [7, 11) is 1.65. The fraction of sp³-hybridized carbons (Fsp3) is 0.273. The highest BCUT2D eigenvalue weighted by Crippen LogP contribution is 2.41. The third-order valence-electron chi connectivity index (χ3n) is 5.92. The molecule has 3 heterocycles. The quantitative estimate of drug-likeness (QED) is 0.704. The molecular weight excluding hydrogens is 402 g/mol. The molecule has 31 heavy (non-hydrogen) atoms. The molecule has 2 unspecified atom stereocenters. The predicted octanol–water partition coefficient (Wildman–Crippen LogP) is 2.05. The molecule has 2 atom stereocenters. The zero-order chi connectivity index (χ0) is 21.9. The Hall–Kier alpha value is -3.88. The van der Waals surface area contributed by atoms with Gasteiger partial charge in [-0.1, -0.05) is 12.1 Å². The predicted molar refractivity (Wildman–Crippen MR) is 109 cm³/mol. The molecule has 4 amide bonds. The number of anilines is 2. The van der Waals surface area contributed by atoms with E-state index in [4.69, 9.17) is 9.47 Å². The Bertz CT molecular complexity index is 1110. The Morgan fingerprint density at radius 1 is 1.10 bits per heavy atom. The van der Waals surface area contributed by atoms with E-state index < -0.39 is 30.1 Å². The van der Waals surface area contributed by atoms with Gasteiger partial charge in [-0.2, -0.15) is 0 Å². The maximum atomic E-state index is 12.7. The highest BCUT2D eigenvalue weighted by molar-refractivity contribution is 6.21. The van der Waals surface area contributed by atoms with Gasteiger partial charge in [-0.15, -0.1) is 0 Å². The minimum atomic E-state index is -0.720. The number of imide groups is 1. The lowest BCUT2D eigenvalue weighted by molar-refractivity contribution is -0.116. The van der Waals surface area contributed by atoms with Gasteiger partial charge in [-0.05, 0) is 24.3 Å². The van der Waals surface area contributed by atoms with Gasteiger partial charge in [0.2, 0.25) is 5.91 Å². The molecule has 0 saturated carbocycles. The van der Waals surface area contributed by atoms with Crippen LogP contribution in [0.15, 0.2) is 42.5 Å². The molecule has 1 saturated heterocycles. The molecule has 0 aliphatic carbocycles. The SMILES string of the molecule is CC(=O)N(C)c1ccc2c(c1)OCC1C(CN3C(=O)c4ccccc4C3=O)OC(=O)N21. The van der Waals surface area contributed by atoms with Gasteiger partial charge in [-0.25, -0.2) is 4.79 Å². The monoisotopic (exact) mass is 421 g/mol. The normalized spacial score (nSPS) is 21.3. The van der Waals surface area contributed by atoms with Crippen molar-refractivity contribution in [2.45, 2.75) is 19.1 Å². The molecule has 0 radical (unpaired) electrons. The van der Waals surface area contributed by atoms with Crippen LogP contribution >= 0.6 is 0 Å². The molecule has 0 bridgehead atoms. The van der Waals surface area contributed by atoms with Crippen LogP contribution in [0.1, 0.15) is 27.6 Å². The smallest absolute Gasteiger partial charge is 0.415 e. The van der Waals surface area contributed by atoms with Crippen molar-refractivity contribution >= 4 is 35.2 Å². The Morgan fingerprint density at radius 2 is 1.77 bits per heavy atom. The number of cyclic esters (lactones) is 1. The zero-order valence-corrected chi connectivity index (χ0v) is 16.9. The summed E-state index contributed by atoms with van der Waals surface area (Å²) in [6.45, 7) is 1.54. The second-order valence-electron chi connectivity index (χ2n) is 7.67. The summed E-state index contributed by atoms with van der Waals surface area (Å²) in [6.07, 6.45) is -1.29. The standard InChI is InChI=1S/C22H19N3O6/c1-12(26)23(2)13-7-8-16-18(9-13)30-11-17-19(31-22(29)25(16)17)10-24-20(27)14-5-3-4-6-15(14)21(24)28/h3-9,17,19H,10-11H2,1-2H3. The third kappa shape index (κ3) is 2.84. The lowest BCUT2D eigenvalue weighted by Gasteiger charge is -2.32. The highest BCUT2D eigenvalue weighted by atomic mass is 16.6. The number of hydrogen-bond acceptors (Lipinski definition) is 6. The maximum absolute atomic E-state index is 12.7. The molecule has 3 aliphatic rings. The molecule has 5 rings (SSSR count). The first-order chi connectivity index (χ1) is 14.9. The van der Waals surface area contributed by atoms with Crippen molar-refractivity contribution in [1.29, 1.82) is 0 Å². The number of ether oxygens (including phenoxy) is 2. The van der Waals surface area contributed by atoms with Gasteiger partial charge >= 0.3 is 6.09 Å². The van der Waals surface area contributed by atoms with Crippen LogP contribution in [0.3, 0.4) is 0 Å². The lowest BCUT2D eigenvalue weighted by atomic mass is 10.1. The second-order valence-corrected chi connectivity index (χ2v) is 7.67. The summed E-state index contributed by atoms with van der Waals surface area (Å²) in [5.41, 5.74) is 1.86. The Morgan fingerprint density at radius 3 is 2.42 bits per heavy atom. The van der Waals surface area contributed by atoms with Gasteiger partial charge in [0.15, 0.2) is 0 Å². The van der Waals surface area contributed by atoms with Crippen molar-refractivity contribution in [2.75, 3.05) is 30.0 Å². The van der Waals surface area contributed by atoms with E-state index >= 15 is 0 Å². The molecule has 158 valence electrons. The van der Waals surface area contributed by atoms with E-state index in [9.17, 15) is 19.2 Å². The van der Waals surface area contributed by atoms with Gasteiger partial charge in [0.05, 0.1) is 23.4 Å². The van der Waals surface area contributed by atoms with Gasteiger partial charge in [0.25, 0.3) is 11.8 Å². The lowest BCUT2D eigenvalue weighted by Crippen LogP contribution is -2.48. The van der Waals surface area contributed by atoms with Crippen LogP contribution in [-0.2, 0) is 9.53 Å². The van der Waals surface area contributed by atoms with Crippen LogP contribution in [0.2, 0.25) is 0 Å². The van der Waals surface area contributed by atoms with E-state index in [0.29, 0.717) is 28.3 Å². The van der Waals surface area contributed by atoms with Crippen molar-refractivity contribution in [3.8, 4) is 5.75 Å². The van der Waals surface area contributed by atoms with Crippen LogP contribution in [0, 0.1) is 0 Å². The Kier molecular flexibility index (Phi) is 4.21. The molecule has 9 nitrogen and oxygen atoms in total. The molecule has 2 aromatic rings. The van der Waals surface area contributed by atoms with Crippen molar-refractivity contribution < 1.29 is 28.7 Å². The molecule has 3 aliphatic heterocycles. The molecule has 0 spiro atoms. The Balaban J connectivity index is 1.39. The summed E-state index contributed by atoms with van der Waals surface area (Å²) in [6, 6.07) is 11.2. The number of benzene rings is 2. The minimum absolute atomic E-state index is 0.0525. The topological polar surface area (TPSA) is 96.5 Å². The van der Waals surface area contributed by atoms with Crippen molar-refractivity contribution in [2.24, 2.45) is 0 Å². The summed E-state index contributed by atoms with van der Waals surface area (Å²) < 4.78 is 11.4. The average Bonchev–Trinajstić information content (AvgIpc) is 3.22. The summed E-state index contributed by atoms with van der Waals surface area (Å²) in [4.78, 5) is 53.7. The van der Waals surface area contributed by atoms with E-state index in [1.54, 1.807) is 49.5 Å². The fourth-order valence-corrected chi connectivity index (χ4v) is 4.15. The molecule has 1 fully saturated rings. The molecule has 9 heteroatoms. The van der Waals surface area contributed by atoms with Gasteiger partial charge < -0.3 is 14.4 Å². The molecular formula is C22H19N3O6. The van der Waals surface area contributed by atoms with Crippen molar-refractivity contribution in [3.63, 3.8) is 0 Å². The zero-order valence-electron chi connectivity index (χ0n) is 16.9. The van der Waals surface area contributed by atoms with E-state index in [-0.39, 0.29) is 19.1 Å². The molecule has 0 aromatic heterocycles. The molecule has 0 N–H and O–H groups in total. The average molecular weight is 421 g/mol. The minimum Gasteiger partial charge on any atom is -0.489 e. The van der Waals surface area contributed by atoms with Crippen LogP contribution < -0.4 is 14.5 Å². The highest BCUT2D eigenvalue weighted by Gasteiger charge is 2.49. The Labute approximate surface area is 177 Å². The number of hydrogen-bond donors (Lipinski definition) is 0. The third-order valence-corrected chi connectivity index (χ3v) is 5.92. The van der Waals surface area contributed by atoms with Gasteiger partial charge in [0, 0.05) is 25.7 Å². The van der Waals surface area contributed by atoms with E-state index in [2.05, 4.69) is 0 Å². The first-order valence-corrected chi connectivity index (χ1v) is 9.83. The van der Waals surface area contributed by atoms with Crippen LogP contribution in [-0.4, -0.2) is 61.1 Å². The first-order valence-electron chi connectivity index (χ1n) is 9.83. The second kappa shape index (κ2) is 6.83. The van der Waals surface area contributed by atoms with E-state index in [0.717, 1.165) is 4.90 Å².